The summed E-state index contributed by atoms with van der Waals surface area (Å²) < 4.78 is 0. The maximum absolute atomic E-state index is 11.9. The summed E-state index contributed by atoms with van der Waals surface area (Å²) in [6.07, 6.45) is 2.60. The summed E-state index contributed by atoms with van der Waals surface area (Å²) in [5.41, 5.74) is -0.746. The van der Waals surface area contributed by atoms with E-state index in [-0.39, 0.29) is 5.91 Å². The summed E-state index contributed by atoms with van der Waals surface area (Å²) in [5.74, 6) is -0.0669. The lowest BCUT2D eigenvalue weighted by Gasteiger charge is -2.36. The standard InChI is InChI=1S/C10H14N2O2/c11-7-10(3-1-4-10)9(14)12-5-2-8(13)6-12/h8,13H,1-6H2/t8-/m1/s1. The first-order valence-corrected chi connectivity index (χ1v) is 5.07. The molecule has 2 fully saturated rings. The third kappa shape index (κ3) is 1.28. The zero-order chi connectivity index (χ0) is 10.2. The van der Waals surface area contributed by atoms with Crippen LogP contribution in [-0.2, 0) is 4.79 Å². The second-order valence-corrected chi connectivity index (χ2v) is 4.24. The Morgan fingerprint density at radius 2 is 2.29 bits per heavy atom. The Morgan fingerprint density at radius 1 is 1.57 bits per heavy atom. The van der Waals surface area contributed by atoms with E-state index in [1.165, 1.54) is 0 Å². The molecule has 1 saturated heterocycles. The van der Waals surface area contributed by atoms with Crippen molar-refractivity contribution in [3.8, 4) is 6.07 Å². The minimum Gasteiger partial charge on any atom is -0.391 e. The first kappa shape index (κ1) is 9.47. The molecule has 1 atom stereocenters. The van der Waals surface area contributed by atoms with Gasteiger partial charge in [-0.3, -0.25) is 4.79 Å². The van der Waals surface area contributed by atoms with Crippen molar-refractivity contribution in [3.63, 3.8) is 0 Å². The molecule has 14 heavy (non-hydrogen) atoms. The van der Waals surface area contributed by atoms with Crippen molar-refractivity contribution in [2.75, 3.05) is 13.1 Å². The van der Waals surface area contributed by atoms with Crippen molar-refractivity contribution in [3.05, 3.63) is 0 Å². The average Bonchev–Trinajstić information content (AvgIpc) is 2.50. The molecule has 76 valence electrons. The molecule has 0 radical (unpaired) electrons. The quantitative estimate of drug-likeness (QED) is 0.651. The Morgan fingerprint density at radius 3 is 2.64 bits per heavy atom. The van der Waals surface area contributed by atoms with Gasteiger partial charge in [-0.05, 0) is 25.7 Å². The van der Waals surface area contributed by atoms with E-state index in [0.717, 1.165) is 6.42 Å². The maximum Gasteiger partial charge on any atom is 0.243 e. The Kier molecular flexibility index (Phi) is 2.20. The Hall–Kier alpha value is -1.08. The highest BCUT2D eigenvalue weighted by Crippen LogP contribution is 2.42. The third-order valence-electron chi connectivity index (χ3n) is 3.28. The molecule has 0 spiro atoms. The summed E-state index contributed by atoms with van der Waals surface area (Å²) in [7, 11) is 0. The van der Waals surface area contributed by atoms with E-state index < -0.39 is 11.5 Å². The van der Waals surface area contributed by atoms with Crippen molar-refractivity contribution in [1.82, 2.24) is 4.90 Å². The molecule has 2 aliphatic rings. The van der Waals surface area contributed by atoms with Gasteiger partial charge in [-0.2, -0.15) is 5.26 Å². The Labute approximate surface area is 83.1 Å². The SMILES string of the molecule is N#CC1(C(=O)N2CC[C@@H](O)C2)CCC1. The molecular weight excluding hydrogens is 180 g/mol. The third-order valence-corrected chi connectivity index (χ3v) is 3.28. The van der Waals surface area contributed by atoms with Gasteiger partial charge in [-0.15, -0.1) is 0 Å². The van der Waals surface area contributed by atoms with Crippen LogP contribution in [0.1, 0.15) is 25.7 Å². The first-order chi connectivity index (χ1) is 6.68. The minimum absolute atomic E-state index is 0.0669. The topological polar surface area (TPSA) is 64.3 Å². The van der Waals surface area contributed by atoms with E-state index in [9.17, 15) is 9.90 Å². The number of hydrogen-bond acceptors (Lipinski definition) is 3. The molecule has 4 nitrogen and oxygen atoms in total. The van der Waals surface area contributed by atoms with E-state index in [4.69, 9.17) is 5.26 Å². The summed E-state index contributed by atoms with van der Waals surface area (Å²) in [4.78, 5) is 13.6. The van der Waals surface area contributed by atoms with E-state index in [0.29, 0.717) is 32.4 Å². The largest absolute Gasteiger partial charge is 0.391 e. The number of amides is 1. The van der Waals surface area contributed by atoms with Crippen LogP contribution in [0.5, 0.6) is 0 Å². The van der Waals surface area contributed by atoms with E-state index in [2.05, 4.69) is 6.07 Å². The highest BCUT2D eigenvalue weighted by molar-refractivity contribution is 5.86. The van der Waals surface area contributed by atoms with Crippen molar-refractivity contribution in [2.45, 2.75) is 31.8 Å². The van der Waals surface area contributed by atoms with Crippen LogP contribution in [-0.4, -0.2) is 35.1 Å². The molecule has 1 aliphatic carbocycles. The number of carbonyl (C=O) groups is 1. The maximum atomic E-state index is 11.9. The van der Waals surface area contributed by atoms with Gasteiger partial charge in [-0.25, -0.2) is 0 Å². The molecule has 0 aromatic rings. The first-order valence-electron chi connectivity index (χ1n) is 5.07. The van der Waals surface area contributed by atoms with Gasteiger partial charge in [0, 0.05) is 13.1 Å². The highest BCUT2D eigenvalue weighted by atomic mass is 16.3. The number of hydrogen-bond donors (Lipinski definition) is 1. The second kappa shape index (κ2) is 3.25. The van der Waals surface area contributed by atoms with Gasteiger partial charge in [0.1, 0.15) is 5.41 Å². The van der Waals surface area contributed by atoms with Crippen molar-refractivity contribution in [1.29, 1.82) is 5.26 Å². The zero-order valence-electron chi connectivity index (χ0n) is 8.07. The molecule has 1 amide bonds. The number of nitriles is 1. The molecule has 0 bridgehead atoms. The van der Waals surface area contributed by atoms with Gasteiger partial charge in [0.05, 0.1) is 12.2 Å². The number of rotatable bonds is 1. The van der Waals surface area contributed by atoms with Crippen LogP contribution in [0.15, 0.2) is 0 Å². The Bertz CT molecular complexity index is 291. The fraction of sp³-hybridized carbons (Fsp3) is 0.800. The van der Waals surface area contributed by atoms with Gasteiger partial charge in [0.25, 0.3) is 0 Å². The lowest BCUT2D eigenvalue weighted by molar-refractivity contribution is -0.142. The summed E-state index contributed by atoms with van der Waals surface area (Å²) in [5, 5.41) is 18.3. The molecule has 1 N–H and O–H groups in total. The molecule has 2 rings (SSSR count). The number of carbonyl (C=O) groups excluding carboxylic acids is 1. The van der Waals surface area contributed by atoms with Crippen LogP contribution >= 0.6 is 0 Å². The van der Waals surface area contributed by atoms with Gasteiger partial charge in [0.2, 0.25) is 5.91 Å². The van der Waals surface area contributed by atoms with Gasteiger partial charge >= 0.3 is 0 Å². The minimum atomic E-state index is -0.746. The summed E-state index contributed by atoms with van der Waals surface area (Å²) in [6, 6.07) is 2.13. The molecule has 1 saturated carbocycles. The Balaban J connectivity index is 2.05. The molecule has 1 heterocycles. The molecule has 0 aromatic heterocycles. The number of likely N-dealkylation sites (tertiary alicyclic amines) is 1. The van der Waals surface area contributed by atoms with Crippen molar-refractivity contribution < 1.29 is 9.90 Å². The molecule has 4 heteroatoms. The van der Waals surface area contributed by atoms with Crippen LogP contribution in [0.3, 0.4) is 0 Å². The predicted octanol–water partition coefficient (Wildman–Crippen LogP) is 0.273. The monoisotopic (exact) mass is 194 g/mol. The van der Waals surface area contributed by atoms with Gasteiger partial charge in [0.15, 0.2) is 0 Å². The average molecular weight is 194 g/mol. The second-order valence-electron chi connectivity index (χ2n) is 4.24. The molecular formula is C10H14N2O2. The highest BCUT2D eigenvalue weighted by Gasteiger charge is 2.47. The van der Waals surface area contributed by atoms with Crippen LogP contribution in [0.2, 0.25) is 0 Å². The fourth-order valence-corrected chi connectivity index (χ4v) is 2.13. The zero-order valence-corrected chi connectivity index (χ0v) is 8.07. The fourth-order valence-electron chi connectivity index (χ4n) is 2.13. The molecule has 0 unspecified atom stereocenters. The number of nitrogens with zero attached hydrogens (tertiary/aromatic N) is 2. The number of β-amino-alcohol motifs (C(OH)–C–C–N with tert-alkyl or cyclic N) is 1. The van der Waals surface area contributed by atoms with E-state index in [1.807, 2.05) is 0 Å². The lowest BCUT2D eigenvalue weighted by Crippen LogP contribution is -2.46. The van der Waals surface area contributed by atoms with Gasteiger partial charge in [-0.1, -0.05) is 0 Å². The molecule has 0 aromatic carbocycles. The van der Waals surface area contributed by atoms with Gasteiger partial charge < -0.3 is 10.0 Å². The summed E-state index contributed by atoms with van der Waals surface area (Å²) in [6.45, 7) is 1.01. The van der Waals surface area contributed by atoms with Crippen LogP contribution < -0.4 is 0 Å². The predicted molar refractivity (Wildman–Crippen MR) is 49.1 cm³/mol. The normalized spacial score (nSPS) is 29.4. The van der Waals surface area contributed by atoms with Crippen LogP contribution in [0.4, 0.5) is 0 Å². The van der Waals surface area contributed by atoms with E-state index in [1.54, 1.807) is 4.90 Å². The van der Waals surface area contributed by atoms with Crippen LogP contribution in [0.25, 0.3) is 0 Å². The van der Waals surface area contributed by atoms with Crippen molar-refractivity contribution >= 4 is 5.91 Å². The number of aliphatic hydroxyl groups is 1. The smallest absolute Gasteiger partial charge is 0.243 e. The summed E-state index contributed by atoms with van der Waals surface area (Å²) >= 11 is 0. The number of aliphatic hydroxyl groups excluding tert-OH is 1. The van der Waals surface area contributed by atoms with Crippen molar-refractivity contribution in [2.24, 2.45) is 5.41 Å². The molecule has 1 aliphatic heterocycles. The lowest BCUT2D eigenvalue weighted by atomic mass is 9.69. The van der Waals surface area contributed by atoms with E-state index >= 15 is 0 Å². The van der Waals surface area contributed by atoms with Crippen LogP contribution in [0, 0.1) is 16.7 Å².